The Hall–Kier alpha value is -2.13. The summed E-state index contributed by atoms with van der Waals surface area (Å²) in [6.07, 6.45) is 0.726. The van der Waals surface area contributed by atoms with E-state index >= 15 is 0 Å². The molecule has 2 atom stereocenters. The molecule has 1 saturated heterocycles. The lowest BCUT2D eigenvalue weighted by Crippen LogP contribution is -2.32. The molecular weight excluding hydrogens is 288 g/mol. The van der Waals surface area contributed by atoms with Gasteiger partial charge in [-0.2, -0.15) is 0 Å². The monoisotopic (exact) mass is 310 g/mol. The fraction of sp³-hybridized carbons (Fsp3) is 0.350. The molecule has 0 N–H and O–H groups in total. The Balaban J connectivity index is 1.81. The van der Waals surface area contributed by atoms with Gasteiger partial charge in [0.1, 0.15) is 0 Å². The van der Waals surface area contributed by atoms with Gasteiger partial charge in [-0.25, -0.2) is 0 Å². The number of carbonyl (C=O) groups is 1. The Morgan fingerprint density at radius 2 is 1.78 bits per heavy atom. The summed E-state index contributed by atoms with van der Waals surface area (Å²) >= 11 is 0. The maximum absolute atomic E-state index is 12.2. The summed E-state index contributed by atoms with van der Waals surface area (Å²) in [5.41, 5.74) is 3.52. The van der Waals surface area contributed by atoms with Crippen molar-refractivity contribution in [1.29, 1.82) is 0 Å². The first-order valence-corrected chi connectivity index (χ1v) is 8.19. The maximum Gasteiger partial charge on any atom is 0.309 e. The zero-order valence-electron chi connectivity index (χ0n) is 13.4. The fourth-order valence-electron chi connectivity index (χ4n) is 3.15. The molecule has 1 heterocycles. The molecule has 1 aliphatic rings. The number of benzene rings is 2. The molecule has 3 rings (SSSR count). The lowest BCUT2D eigenvalue weighted by Gasteiger charge is -2.30. The summed E-state index contributed by atoms with van der Waals surface area (Å²) in [7, 11) is 0. The molecule has 3 nitrogen and oxygen atoms in total. The van der Waals surface area contributed by atoms with Crippen LogP contribution < -0.4 is 0 Å². The Labute approximate surface area is 137 Å². The number of carbonyl (C=O) groups excluding carboxylic acids is 1. The van der Waals surface area contributed by atoms with Gasteiger partial charge in [0.05, 0.1) is 19.1 Å². The fourth-order valence-corrected chi connectivity index (χ4v) is 3.15. The third kappa shape index (κ3) is 3.62. The second-order valence-electron chi connectivity index (χ2n) is 5.82. The quantitative estimate of drug-likeness (QED) is 0.800. The van der Waals surface area contributed by atoms with E-state index in [4.69, 9.17) is 9.47 Å². The van der Waals surface area contributed by atoms with Crippen molar-refractivity contribution >= 4 is 5.97 Å². The predicted molar refractivity (Wildman–Crippen MR) is 90.2 cm³/mol. The van der Waals surface area contributed by atoms with Crippen LogP contribution in [0.3, 0.4) is 0 Å². The largest absolute Gasteiger partial charge is 0.466 e. The molecule has 0 aliphatic carbocycles. The third-order valence-corrected chi connectivity index (χ3v) is 4.39. The highest BCUT2D eigenvalue weighted by Crippen LogP contribution is 2.33. The van der Waals surface area contributed by atoms with Crippen molar-refractivity contribution in [3.05, 3.63) is 60.2 Å². The lowest BCUT2D eigenvalue weighted by atomic mass is 9.82. The van der Waals surface area contributed by atoms with E-state index in [1.165, 1.54) is 11.1 Å². The second-order valence-corrected chi connectivity index (χ2v) is 5.82. The first-order valence-electron chi connectivity index (χ1n) is 8.19. The molecule has 0 saturated carbocycles. The molecule has 1 fully saturated rings. The summed E-state index contributed by atoms with van der Waals surface area (Å²) < 4.78 is 10.8. The summed E-state index contributed by atoms with van der Waals surface area (Å²) in [6, 6.07) is 18.7. The van der Waals surface area contributed by atoms with Gasteiger partial charge in [0.2, 0.25) is 0 Å². The van der Waals surface area contributed by atoms with Crippen LogP contribution >= 0.6 is 0 Å². The molecule has 0 spiro atoms. The Bertz CT molecular complexity index is 634. The topological polar surface area (TPSA) is 35.5 Å². The molecule has 3 heteroatoms. The average molecular weight is 310 g/mol. The SMILES string of the molecule is CCOC(=O)[C@@H]1CCOC[C@@H]1c1ccc(-c2ccccc2)cc1. The van der Waals surface area contributed by atoms with Gasteiger partial charge in [0.25, 0.3) is 0 Å². The summed E-state index contributed by atoms with van der Waals surface area (Å²) in [6.45, 7) is 3.48. The molecule has 2 aromatic rings. The van der Waals surface area contributed by atoms with Gasteiger partial charge in [0.15, 0.2) is 0 Å². The van der Waals surface area contributed by atoms with Crippen LogP contribution in [0.5, 0.6) is 0 Å². The number of hydrogen-bond donors (Lipinski definition) is 0. The van der Waals surface area contributed by atoms with E-state index in [0.717, 1.165) is 12.0 Å². The zero-order valence-corrected chi connectivity index (χ0v) is 13.4. The predicted octanol–water partition coefficient (Wildman–Crippen LogP) is 4.04. The number of esters is 1. The molecule has 0 unspecified atom stereocenters. The summed E-state index contributed by atoms with van der Waals surface area (Å²) in [5, 5.41) is 0. The minimum Gasteiger partial charge on any atom is -0.466 e. The molecule has 23 heavy (non-hydrogen) atoms. The van der Waals surface area contributed by atoms with Crippen molar-refractivity contribution in [2.45, 2.75) is 19.3 Å². The number of hydrogen-bond acceptors (Lipinski definition) is 3. The van der Waals surface area contributed by atoms with Crippen molar-refractivity contribution in [3.8, 4) is 11.1 Å². The van der Waals surface area contributed by atoms with Gasteiger partial charge in [-0.05, 0) is 30.0 Å². The Morgan fingerprint density at radius 3 is 2.48 bits per heavy atom. The van der Waals surface area contributed by atoms with Gasteiger partial charge in [-0.15, -0.1) is 0 Å². The summed E-state index contributed by atoms with van der Waals surface area (Å²) in [4.78, 5) is 12.2. The van der Waals surface area contributed by atoms with E-state index in [2.05, 4.69) is 36.4 Å². The van der Waals surface area contributed by atoms with Crippen LogP contribution in [0, 0.1) is 5.92 Å². The van der Waals surface area contributed by atoms with Gasteiger partial charge >= 0.3 is 5.97 Å². The van der Waals surface area contributed by atoms with Crippen LogP contribution in [-0.2, 0) is 14.3 Å². The minimum absolute atomic E-state index is 0.0765. The lowest BCUT2D eigenvalue weighted by molar-refractivity contribution is -0.152. The highest BCUT2D eigenvalue weighted by atomic mass is 16.5. The smallest absolute Gasteiger partial charge is 0.309 e. The van der Waals surface area contributed by atoms with Gasteiger partial charge < -0.3 is 9.47 Å². The number of rotatable bonds is 4. The van der Waals surface area contributed by atoms with Gasteiger partial charge in [-0.3, -0.25) is 4.79 Å². The van der Waals surface area contributed by atoms with Gasteiger partial charge in [0, 0.05) is 12.5 Å². The molecule has 1 aliphatic heterocycles. The number of ether oxygens (including phenoxy) is 2. The van der Waals surface area contributed by atoms with Crippen LogP contribution in [0.15, 0.2) is 54.6 Å². The van der Waals surface area contributed by atoms with Crippen molar-refractivity contribution in [2.75, 3.05) is 19.8 Å². The van der Waals surface area contributed by atoms with E-state index < -0.39 is 0 Å². The first kappa shape index (κ1) is 15.8. The standard InChI is InChI=1S/C20H22O3/c1-2-23-20(21)18-12-13-22-14-19(18)17-10-8-16(9-11-17)15-6-4-3-5-7-15/h3-11,18-19H,2,12-14H2,1H3/t18-,19-/m1/s1. The van der Waals surface area contributed by atoms with Gasteiger partial charge in [-0.1, -0.05) is 54.6 Å². The van der Waals surface area contributed by atoms with Crippen molar-refractivity contribution in [1.82, 2.24) is 0 Å². The van der Waals surface area contributed by atoms with Crippen molar-refractivity contribution in [2.24, 2.45) is 5.92 Å². The van der Waals surface area contributed by atoms with E-state index in [1.807, 2.05) is 25.1 Å². The molecule has 2 aromatic carbocycles. The van der Waals surface area contributed by atoms with Crippen LogP contribution in [0.1, 0.15) is 24.8 Å². The highest BCUT2D eigenvalue weighted by molar-refractivity contribution is 5.74. The van der Waals surface area contributed by atoms with E-state index in [0.29, 0.717) is 19.8 Å². The van der Waals surface area contributed by atoms with Crippen LogP contribution in [0.2, 0.25) is 0 Å². The second kappa shape index (κ2) is 7.42. The van der Waals surface area contributed by atoms with Crippen molar-refractivity contribution in [3.63, 3.8) is 0 Å². The molecule has 0 amide bonds. The van der Waals surface area contributed by atoms with Crippen LogP contribution in [-0.4, -0.2) is 25.8 Å². The molecule has 0 radical (unpaired) electrons. The highest BCUT2D eigenvalue weighted by Gasteiger charge is 2.33. The first-order chi connectivity index (χ1) is 11.3. The zero-order chi connectivity index (χ0) is 16.1. The summed E-state index contributed by atoms with van der Waals surface area (Å²) in [5.74, 6) is -0.133. The van der Waals surface area contributed by atoms with Crippen LogP contribution in [0.4, 0.5) is 0 Å². The Kier molecular flexibility index (Phi) is 5.09. The molecular formula is C20H22O3. The normalized spacial score (nSPS) is 20.9. The van der Waals surface area contributed by atoms with E-state index in [1.54, 1.807) is 0 Å². The maximum atomic E-state index is 12.2. The molecule has 0 aromatic heterocycles. The van der Waals surface area contributed by atoms with E-state index in [9.17, 15) is 4.79 Å². The molecule has 120 valence electrons. The average Bonchev–Trinajstić information content (AvgIpc) is 2.63. The van der Waals surface area contributed by atoms with E-state index in [-0.39, 0.29) is 17.8 Å². The molecule has 0 bridgehead atoms. The van der Waals surface area contributed by atoms with Crippen LogP contribution in [0.25, 0.3) is 11.1 Å². The van der Waals surface area contributed by atoms with Crippen molar-refractivity contribution < 1.29 is 14.3 Å². The third-order valence-electron chi connectivity index (χ3n) is 4.39. The minimum atomic E-state index is -0.105. The Morgan fingerprint density at radius 1 is 1.09 bits per heavy atom.